The summed E-state index contributed by atoms with van der Waals surface area (Å²) < 4.78 is 44.0. The second kappa shape index (κ2) is 7.00. The van der Waals surface area contributed by atoms with Crippen LogP contribution in [0.5, 0.6) is 5.75 Å². The van der Waals surface area contributed by atoms with E-state index in [2.05, 4.69) is 0 Å². The van der Waals surface area contributed by atoms with E-state index in [0.29, 0.717) is 36.8 Å². The standard InChI is InChI=1S/C17H25NO5S/c1-21-13-17-9-3-11-23-16(17)8-10-18(12-17)24(19,20)15-6-4-14(22-2)5-7-15/h4-7,16H,3,8-13H2,1-2H3/t16-,17+/m0/s1. The Morgan fingerprint density at radius 3 is 2.71 bits per heavy atom. The highest BCUT2D eigenvalue weighted by Crippen LogP contribution is 2.41. The Morgan fingerprint density at radius 1 is 1.29 bits per heavy atom. The highest BCUT2D eigenvalue weighted by Gasteiger charge is 2.48. The van der Waals surface area contributed by atoms with Gasteiger partial charge >= 0.3 is 0 Å². The summed E-state index contributed by atoms with van der Waals surface area (Å²) in [6.07, 6.45) is 2.66. The van der Waals surface area contributed by atoms with Gasteiger partial charge in [0.15, 0.2) is 0 Å². The lowest BCUT2D eigenvalue weighted by atomic mass is 9.73. The molecule has 0 N–H and O–H groups in total. The molecule has 2 atom stereocenters. The van der Waals surface area contributed by atoms with Crippen molar-refractivity contribution in [2.45, 2.75) is 30.3 Å². The molecule has 0 aliphatic carbocycles. The number of hydrogen-bond donors (Lipinski definition) is 0. The highest BCUT2D eigenvalue weighted by atomic mass is 32.2. The van der Waals surface area contributed by atoms with Crippen molar-refractivity contribution in [1.29, 1.82) is 0 Å². The largest absolute Gasteiger partial charge is 0.497 e. The Kier molecular flexibility index (Phi) is 5.15. The van der Waals surface area contributed by atoms with Crippen LogP contribution in [0, 0.1) is 5.41 Å². The minimum atomic E-state index is -3.53. The van der Waals surface area contributed by atoms with Crippen LogP contribution in [0.4, 0.5) is 0 Å². The van der Waals surface area contributed by atoms with E-state index in [1.54, 1.807) is 42.8 Å². The number of rotatable bonds is 5. The molecule has 0 unspecified atom stereocenters. The average Bonchev–Trinajstić information content (AvgIpc) is 2.61. The molecule has 7 heteroatoms. The third kappa shape index (κ3) is 3.18. The Bertz CT molecular complexity index is 656. The summed E-state index contributed by atoms with van der Waals surface area (Å²) >= 11 is 0. The Balaban J connectivity index is 1.85. The first-order chi connectivity index (χ1) is 11.5. The van der Waals surface area contributed by atoms with E-state index in [9.17, 15) is 8.42 Å². The zero-order chi connectivity index (χ0) is 17.2. The lowest BCUT2D eigenvalue weighted by Crippen LogP contribution is -2.57. The van der Waals surface area contributed by atoms with Crippen molar-refractivity contribution in [1.82, 2.24) is 4.31 Å². The maximum absolute atomic E-state index is 13.0. The second-order valence-electron chi connectivity index (χ2n) is 6.56. The molecule has 2 saturated heterocycles. The van der Waals surface area contributed by atoms with Gasteiger partial charge in [-0.05, 0) is 43.5 Å². The third-order valence-electron chi connectivity index (χ3n) is 5.08. The number of hydrogen-bond acceptors (Lipinski definition) is 5. The van der Waals surface area contributed by atoms with Crippen molar-refractivity contribution in [3.63, 3.8) is 0 Å². The average molecular weight is 355 g/mol. The quantitative estimate of drug-likeness (QED) is 0.807. The molecule has 2 heterocycles. The number of sulfonamides is 1. The Morgan fingerprint density at radius 2 is 2.04 bits per heavy atom. The van der Waals surface area contributed by atoms with Gasteiger partial charge in [0.05, 0.1) is 24.7 Å². The van der Waals surface area contributed by atoms with Gasteiger partial charge in [-0.15, -0.1) is 0 Å². The fourth-order valence-corrected chi connectivity index (χ4v) is 5.40. The van der Waals surface area contributed by atoms with Gasteiger partial charge in [-0.3, -0.25) is 0 Å². The fraction of sp³-hybridized carbons (Fsp3) is 0.647. The molecule has 0 bridgehead atoms. The minimum absolute atomic E-state index is 0.0773. The van der Waals surface area contributed by atoms with Gasteiger partial charge in [-0.2, -0.15) is 4.31 Å². The number of nitrogens with zero attached hydrogens (tertiary/aromatic N) is 1. The van der Waals surface area contributed by atoms with Crippen LogP contribution < -0.4 is 4.74 Å². The first-order valence-electron chi connectivity index (χ1n) is 8.27. The van der Waals surface area contributed by atoms with Crippen LogP contribution in [-0.2, 0) is 19.5 Å². The van der Waals surface area contributed by atoms with Crippen LogP contribution in [0.2, 0.25) is 0 Å². The maximum Gasteiger partial charge on any atom is 0.243 e. The molecule has 0 radical (unpaired) electrons. The summed E-state index contributed by atoms with van der Waals surface area (Å²) in [6.45, 7) is 2.19. The predicted molar refractivity (Wildman–Crippen MR) is 89.7 cm³/mol. The summed E-state index contributed by atoms with van der Waals surface area (Å²) in [7, 11) is -0.302. The van der Waals surface area contributed by atoms with Crippen molar-refractivity contribution in [3.8, 4) is 5.75 Å². The topological polar surface area (TPSA) is 65.1 Å². The van der Waals surface area contributed by atoms with Crippen LogP contribution in [0.25, 0.3) is 0 Å². The molecule has 1 aromatic carbocycles. The molecule has 3 rings (SSSR count). The molecule has 0 aromatic heterocycles. The molecular formula is C17H25NO5S. The lowest BCUT2D eigenvalue weighted by molar-refractivity contribution is -0.137. The summed E-state index contributed by atoms with van der Waals surface area (Å²) in [5.41, 5.74) is -0.245. The molecule has 1 aromatic rings. The number of methoxy groups -OCH3 is 2. The normalized spacial score (nSPS) is 28.3. The van der Waals surface area contributed by atoms with E-state index in [1.165, 1.54) is 0 Å². The number of piperidine rings is 1. The van der Waals surface area contributed by atoms with E-state index in [4.69, 9.17) is 14.2 Å². The smallest absolute Gasteiger partial charge is 0.243 e. The third-order valence-corrected chi connectivity index (χ3v) is 6.94. The van der Waals surface area contributed by atoms with Crippen molar-refractivity contribution >= 4 is 10.0 Å². The Labute approximate surface area is 143 Å². The van der Waals surface area contributed by atoms with Crippen LogP contribution in [-0.4, -0.2) is 59.3 Å². The Hall–Kier alpha value is -1.15. The number of benzene rings is 1. The number of ether oxygens (including phenoxy) is 3. The predicted octanol–water partition coefficient (Wildman–Crippen LogP) is 1.90. The SMILES string of the molecule is COC[C@]12CCCO[C@H]1CCN(S(=O)(=O)c1ccc(OC)cc1)C2. The monoisotopic (exact) mass is 355 g/mol. The molecule has 2 aliphatic rings. The lowest BCUT2D eigenvalue weighted by Gasteiger charge is -2.49. The van der Waals surface area contributed by atoms with E-state index in [1.807, 2.05) is 0 Å². The fourth-order valence-electron chi connectivity index (χ4n) is 3.85. The summed E-state index contributed by atoms with van der Waals surface area (Å²) in [6, 6.07) is 6.55. The first-order valence-corrected chi connectivity index (χ1v) is 9.71. The van der Waals surface area contributed by atoms with E-state index in [0.717, 1.165) is 19.4 Å². The van der Waals surface area contributed by atoms with Crippen molar-refractivity contribution in [2.24, 2.45) is 5.41 Å². The highest BCUT2D eigenvalue weighted by molar-refractivity contribution is 7.89. The van der Waals surface area contributed by atoms with Gasteiger partial charge in [0.25, 0.3) is 0 Å². The van der Waals surface area contributed by atoms with Gasteiger partial charge in [0.2, 0.25) is 10.0 Å². The zero-order valence-electron chi connectivity index (χ0n) is 14.2. The van der Waals surface area contributed by atoms with Gasteiger partial charge in [0, 0.05) is 32.2 Å². The summed E-state index contributed by atoms with van der Waals surface area (Å²) in [4.78, 5) is 0.297. The first kappa shape index (κ1) is 17.7. The van der Waals surface area contributed by atoms with Crippen molar-refractivity contribution < 1.29 is 22.6 Å². The van der Waals surface area contributed by atoms with Crippen molar-refractivity contribution in [3.05, 3.63) is 24.3 Å². The van der Waals surface area contributed by atoms with Crippen LogP contribution in [0.15, 0.2) is 29.2 Å². The van der Waals surface area contributed by atoms with Crippen LogP contribution >= 0.6 is 0 Å². The molecule has 0 amide bonds. The molecular weight excluding hydrogens is 330 g/mol. The second-order valence-corrected chi connectivity index (χ2v) is 8.50. The van der Waals surface area contributed by atoms with Gasteiger partial charge in [-0.25, -0.2) is 8.42 Å². The molecule has 0 spiro atoms. The van der Waals surface area contributed by atoms with Crippen LogP contribution in [0.1, 0.15) is 19.3 Å². The van der Waals surface area contributed by atoms with E-state index >= 15 is 0 Å². The van der Waals surface area contributed by atoms with E-state index < -0.39 is 10.0 Å². The molecule has 134 valence electrons. The molecule has 2 fully saturated rings. The van der Waals surface area contributed by atoms with E-state index in [-0.39, 0.29) is 11.5 Å². The molecule has 24 heavy (non-hydrogen) atoms. The summed E-state index contributed by atoms with van der Waals surface area (Å²) in [5.74, 6) is 0.643. The molecule has 2 aliphatic heterocycles. The molecule has 0 saturated carbocycles. The van der Waals surface area contributed by atoms with Gasteiger partial charge in [0.1, 0.15) is 5.75 Å². The van der Waals surface area contributed by atoms with Gasteiger partial charge in [-0.1, -0.05) is 0 Å². The summed E-state index contributed by atoms with van der Waals surface area (Å²) in [5, 5.41) is 0. The minimum Gasteiger partial charge on any atom is -0.497 e. The van der Waals surface area contributed by atoms with Crippen LogP contribution in [0.3, 0.4) is 0 Å². The van der Waals surface area contributed by atoms with Gasteiger partial charge < -0.3 is 14.2 Å². The number of fused-ring (bicyclic) bond motifs is 1. The van der Waals surface area contributed by atoms with Crippen molar-refractivity contribution in [2.75, 3.05) is 40.5 Å². The zero-order valence-corrected chi connectivity index (χ0v) is 15.0. The maximum atomic E-state index is 13.0. The molecule has 6 nitrogen and oxygen atoms in total.